The quantitative estimate of drug-likeness (QED) is 0.727. The Morgan fingerprint density at radius 3 is 2.71 bits per heavy atom. The highest BCUT2D eigenvalue weighted by Gasteiger charge is 2.08. The van der Waals surface area contributed by atoms with Crippen molar-refractivity contribution in [1.82, 2.24) is 9.97 Å². The highest BCUT2D eigenvalue weighted by molar-refractivity contribution is 7.18. The number of H-pyrrole nitrogens is 1. The fourth-order valence-electron chi connectivity index (χ4n) is 2.14. The number of nitrogens with one attached hydrogen (secondary N) is 1. The number of aromatic amines is 1. The summed E-state index contributed by atoms with van der Waals surface area (Å²) >= 11 is 1.45. The van der Waals surface area contributed by atoms with E-state index in [1.165, 1.54) is 11.3 Å². The Labute approximate surface area is 124 Å². The van der Waals surface area contributed by atoms with Crippen LogP contribution < -0.4 is 11.3 Å². The van der Waals surface area contributed by atoms with Crippen molar-refractivity contribution in [3.05, 3.63) is 56.7 Å². The zero-order valence-corrected chi connectivity index (χ0v) is 12.2. The molecular weight excluding hydrogens is 286 g/mol. The molecular formula is C15H13N3O2S. The van der Waals surface area contributed by atoms with Gasteiger partial charge in [0.2, 0.25) is 5.95 Å². The molecule has 1 aromatic carbocycles. The third-order valence-corrected chi connectivity index (χ3v) is 4.24. The van der Waals surface area contributed by atoms with Crippen molar-refractivity contribution in [3.63, 3.8) is 0 Å². The zero-order valence-electron chi connectivity index (χ0n) is 11.3. The summed E-state index contributed by atoms with van der Waals surface area (Å²) in [5, 5.41) is 0.560. The minimum Gasteiger partial charge on any atom is -0.369 e. The lowest BCUT2D eigenvalue weighted by Crippen LogP contribution is -2.09. The SMILES string of the molecule is CC(=O)c1ccc(Cc2cc3c(=O)[nH]c(N)nc3s2)cc1. The van der Waals surface area contributed by atoms with Gasteiger partial charge in [-0.3, -0.25) is 14.6 Å². The van der Waals surface area contributed by atoms with Gasteiger partial charge in [-0.25, -0.2) is 4.98 Å². The number of carbonyl (C=O) groups excluding carboxylic acids is 1. The van der Waals surface area contributed by atoms with Crippen LogP contribution in [0.25, 0.3) is 10.2 Å². The second kappa shape index (κ2) is 5.14. The number of hydrogen-bond acceptors (Lipinski definition) is 5. The fraction of sp³-hybridized carbons (Fsp3) is 0.133. The van der Waals surface area contributed by atoms with Gasteiger partial charge >= 0.3 is 0 Å². The van der Waals surface area contributed by atoms with Crippen molar-refractivity contribution in [3.8, 4) is 0 Å². The maximum Gasteiger partial charge on any atom is 0.261 e. The molecule has 0 atom stereocenters. The predicted molar refractivity (Wildman–Crippen MR) is 83.9 cm³/mol. The molecule has 6 heteroatoms. The number of nitrogens with zero attached hydrogens (tertiary/aromatic N) is 1. The monoisotopic (exact) mass is 299 g/mol. The number of thiophene rings is 1. The van der Waals surface area contributed by atoms with Gasteiger partial charge in [0, 0.05) is 16.9 Å². The maximum absolute atomic E-state index is 11.8. The molecule has 0 radical (unpaired) electrons. The third-order valence-electron chi connectivity index (χ3n) is 3.21. The number of anilines is 1. The summed E-state index contributed by atoms with van der Waals surface area (Å²) in [7, 11) is 0. The molecule has 5 nitrogen and oxygen atoms in total. The number of fused-ring (bicyclic) bond motifs is 1. The van der Waals surface area contributed by atoms with Gasteiger partial charge in [0.15, 0.2) is 5.78 Å². The summed E-state index contributed by atoms with van der Waals surface area (Å²) in [6.07, 6.45) is 0.693. The van der Waals surface area contributed by atoms with E-state index >= 15 is 0 Å². The first-order valence-corrected chi connectivity index (χ1v) is 7.22. The number of carbonyl (C=O) groups is 1. The number of Topliss-reactive ketones (excluding diaryl/α,β-unsaturated/α-hetero) is 1. The molecule has 21 heavy (non-hydrogen) atoms. The Morgan fingerprint density at radius 1 is 1.33 bits per heavy atom. The maximum atomic E-state index is 11.8. The zero-order chi connectivity index (χ0) is 15.0. The lowest BCUT2D eigenvalue weighted by Gasteiger charge is -2.00. The van der Waals surface area contributed by atoms with E-state index in [9.17, 15) is 9.59 Å². The number of aromatic nitrogens is 2. The van der Waals surface area contributed by atoms with Crippen molar-refractivity contribution in [1.29, 1.82) is 0 Å². The molecule has 0 saturated carbocycles. The second-order valence-electron chi connectivity index (χ2n) is 4.81. The molecule has 0 amide bonds. The van der Waals surface area contributed by atoms with E-state index in [4.69, 9.17) is 5.73 Å². The van der Waals surface area contributed by atoms with Crippen LogP contribution in [0, 0.1) is 0 Å². The van der Waals surface area contributed by atoms with Gasteiger partial charge in [-0.15, -0.1) is 11.3 Å². The van der Waals surface area contributed by atoms with Crippen LogP contribution >= 0.6 is 11.3 Å². The van der Waals surface area contributed by atoms with Crippen molar-refractivity contribution >= 4 is 33.3 Å². The summed E-state index contributed by atoms with van der Waals surface area (Å²) in [5.74, 6) is 0.182. The van der Waals surface area contributed by atoms with Crippen molar-refractivity contribution in [2.75, 3.05) is 5.73 Å². The van der Waals surface area contributed by atoms with E-state index in [1.807, 2.05) is 30.3 Å². The molecule has 3 aromatic rings. The standard InChI is InChI=1S/C15H13N3O2S/c1-8(19)10-4-2-9(3-5-10)6-11-7-12-13(20)17-15(16)18-14(12)21-11/h2-5,7H,6H2,1H3,(H3,16,17,18,20). The minimum absolute atomic E-state index is 0.0506. The molecule has 0 spiro atoms. The van der Waals surface area contributed by atoms with Crippen LogP contribution in [-0.4, -0.2) is 15.8 Å². The Bertz CT molecular complexity index is 878. The lowest BCUT2D eigenvalue weighted by atomic mass is 10.1. The van der Waals surface area contributed by atoms with Crippen LogP contribution in [0.5, 0.6) is 0 Å². The van der Waals surface area contributed by atoms with Crippen LogP contribution in [0.3, 0.4) is 0 Å². The molecule has 0 aliphatic heterocycles. The molecule has 0 aliphatic carbocycles. The normalized spacial score (nSPS) is 10.9. The minimum atomic E-state index is -0.216. The number of nitrogen functional groups attached to an aromatic ring is 1. The van der Waals surface area contributed by atoms with E-state index in [2.05, 4.69) is 9.97 Å². The number of rotatable bonds is 3. The molecule has 0 unspecified atom stereocenters. The van der Waals surface area contributed by atoms with Crippen molar-refractivity contribution in [2.24, 2.45) is 0 Å². The fourth-order valence-corrected chi connectivity index (χ4v) is 3.21. The van der Waals surface area contributed by atoms with Gasteiger partial charge in [-0.05, 0) is 18.6 Å². The second-order valence-corrected chi connectivity index (χ2v) is 5.93. The Morgan fingerprint density at radius 2 is 2.05 bits per heavy atom. The van der Waals surface area contributed by atoms with E-state index in [0.29, 0.717) is 22.2 Å². The molecule has 0 saturated heterocycles. The largest absolute Gasteiger partial charge is 0.369 e. The van der Waals surface area contributed by atoms with E-state index < -0.39 is 0 Å². The number of benzene rings is 1. The van der Waals surface area contributed by atoms with E-state index in [-0.39, 0.29) is 17.3 Å². The molecule has 3 rings (SSSR count). The third kappa shape index (κ3) is 2.71. The van der Waals surface area contributed by atoms with Crippen LogP contribution in [0.2, 0.25) is 0 Å². The molecule has 106 valence electrons. The summed E-state index contributed by atoms with van der Waals surface area (Å²) in [4.78, 5) is 31.3. The average molecular weight is 299 g/mol. The Hall–Kier alpha value is -2.47. The van der Waals surface area contributed by atoms with Crippen molar-refractivity contribution < 1.29 is 4.79 Å². The van der Waals surface area contributed by atoms with Gasteiger partial charge in [0.25, 0.3) is 5.56 Å². The molecule has 0 aliphatic rings. The van der Waals surface area contributed by atoms with E-state index in [1.54, 1.807) is 6.92 Å². The Balaban J connectivity index is 1.93. The average Bonchev–Trinajstić information content (AvgIpc) is 2.82. The van der Waals surface area contributed by atoms with Gasteiger partial charge in [-0.1, -0.05) is 24.3 Å². The smallest absolute Gasteiger partial charge is 0.261 e. The molecule has 0 fully saturated rings. The number of ketones is 1. The predicted octanol–water partition coefficient (Wildman–Crippen LogP) is 2.36. The van der Waals surface area contributed by atoms with Crippen LogP contribution in [0.1, 0.15) is 27.7 Å². The van der Waals surface area contributed by atoms with Crippen LogP contribution in [-0.2, 0) is 6.42 Å². The molecule has 2 heterocycles. The first-order valence-electron chi connectivity index (χ1n) is 6.41. The van der Waals surface area contributed by atoms with Crippen LogP contribution in [0.15, 0.2) is 35.1 Å². The molecule has 0 bridgehead atoms. The topological polar surface area (TPSA) is 88.8 Å². The summed E-state index contributed by atoms with van der Waals surface area (Å²) in [5.41, 5.74) is 7.10. The van der Waals surface area contributed by atoms with Crippen molar-refractivity contribution in [2.45, 2.75) is 13.3 Å². The van der Waals surface area contributed by atoms with Gasteiger partial charge < -0.3 is 5.73 Å². The summed E-state index contributed by atoms with van der Waals surface area (Å²) in [6, 6.07) is 9.31. The van der Waals surface area contributed by atoms with E-state index in [0.717, 1.165) is 10.4 Å². The Kier molecular flexibility index (Phi) is 3.31. The van der Waals surface area contributed by atoms with Gasteiger partial charge in [0.05, 0.1) is 5.39 Å². The molecule has 2 aromatic heterocycles. The number of hydrogen-bond donors (Lipinski definition) is 2. The van der Waals surface area contributed by atoms with Gasteiger partial charge in [0.1, 0.15) is 4.83 Å². The molecule has 3 N–H and O–H groups in total. The highest BCUT2D eigenvalue weighted by Crippen LogP contribution is 2.24. The summed E-state index contributed by atoms with van der Waals surface area (Å²) < 4.78 is 0. The van der Waals surface area contributed by atoms with Gasteiger partial charge in [-0.2, -0.15) is 0 Å². The first kappa shape index (κ1) is 13.5. The lowest BCUT2D eigenvalue weighted by molar-refractivity contribution is 0.101. The number of nitrogens with two attached hydrogens (primary N) is 1. The highest BCUT2D eigenvalue weighted by atomic mass is 32.1. The summed E-state index contributed by atoms with van der Waals surface area (Å²) in [6.45, 7) is 1.54. The van der Waals surface area contributed by atoms with Crippen LogP contribution in [0.4, 0.5) is 5.95 Å². The first-order chi connectivity index (χ1) is 10.0.